The maximum atomic E-state index is 6.15. The van der Waals surface area contributed by atoms with E-state index in [-0.39, 0.29) is 7.43 Å². The third-order valence-corrected chi connectivity index (χ3v) is 2.91. The summed E-state index contributed by atoms with van der Waals surface area (Å²) in [5.74, 6) is 0.858. The van der Waals surface area contributed by atoms with E-state index < -0.39 is 0 Å². The normalized spacial score (nSPS) is 9.72. The minimum absolute atomic E-state index is 0. The second-order valence-corrected chi connectivity index (χ2v) is 4.37. The maximum Gasteiger partial charge on any atom is 0.118 e. The summed E-state index contributed by atoms with van der Waals surface area (Å²) in [4.78, 5) is 4.35. The zero-order valence-electron chi connectivity index (χ0n) is 9.90. The molecular weight excluding hydrogens is 246 g/mol. The summed E-state index contributed by atoms with van der Waals surface area (Å²) in [6.07, 6.45) is 2.58. The predicted octanol–water partition coefficient (Wildman–Crippen LogP) is 4.28. The van der Waals surface area contributed by atoms with Gasteiger partial charge in [0, 0.05) is 12.6 Å². The van der Waals surface area contributed by atoms with E-state index in [0.29, 0.717) is 0 Å². The van der Waals surface area contributed by atoms with Gasteiger partial charge in [0.15, 0.2) is 0 Å². The van der Waals surface area contributed by atoms with Crippen molar-refractivity contribution in [2.75, 3.05) is 7.11 Å². The van der Waals surface area contributed by atoms with E-state index in [4.69, 9.17) is 16.3 Å². The molecule has 2 aromatic rings. The summed E-state index contributed by atoms with van der Waals surface area (Å²) in [6.45, 7) is 1.98. The average molecular weight is 264 g/mol. The fourth-order valence-corrected chi connectivity index (χ4v) is 1.92. The molecule has 0 aliphatic rings. The number of ether oxygens (including phenoxy) is 1. The molecule has 3 heteroatoms. The molecule has 0 aliphatic carbocycles. The second kappa shape index (κ2) is 6.41. The van der Waals surface area contributed by atoms with E-state index in [2.05, 4.69) is 4.98 Å². The molecule has 0 spiro atoms. The Morgan fingerprint density at radius 2 is 1.89 bits per heavy atom. The van der Waals surface area contributed by atoms with Crippen molar-refractivity contribution in [2.24, 2.45) is 0 Å². The van der Waals surface area contributed by atoms with Gasteiger partial charge in [-0.3, -0.25) is 4.98 Å². The number of aromatic nitrogens is 1. The molecule has 0 saturated heterocycles. The Bertz CT molecular complexity index is 508. The highest BCUT2D eigenvalue weighted by atomic mass is 35.5. The summed E-state index contributed by atoms with van der Waals surface area (Å²) < 4.78 is 5.12. The maximum absolute atomic E-state index is 6.15. The largest absolute Gasteiger partial charge is 0.497 e. The molecule has 18 heavy (non-hydrogen) atoms. The fourth-order valence-electron chi connectivity index (χ4n) is 1.63. The second-order valence-electron chi connectivity index (χ2n) is 3.97. The van der Waals surface area contributed by atoms with Crippen LogP contribution in [0.15, 0.2) is 36.5 Å². The molecule has 0 atom stereocenters. The van der Waals surface area contributed by atoms with Crippen LogP contribution in [-0.2, 0) is 6.42 Å². The van der Waals surface area contributed by atoms with Gasteiger partial charge < -0.3 is 4.74 Å². The summed E-state index contributed by atoms with van der Waals surface area (Å²) in [6, 6.07) is 9.87. The number of halogens is 1. The van der Waals surface area contributed by atoms with Gasteiger partial charge in [-0.25, -0.2) is 0 Å². The van der Waals surface area contributed by atoms with Crippen molar-refractivity contribution in [3.63, 3.8) is 0 Å². The first-order valence-electron chi connectivity index (χ1n) is 5.43. The van der Waals surface area contributed by atoms with Gasteiger partial charge in [0.05, 0.1) is 17.8 Å². The smallest absolute Gasteiger partial charge is 0.118 e. The Labute approximate surface area is 114 Å². The van der Waals surface area contributed by atoms with Crippen molar-refractivity contribution in [2.45, 2.75) is 20.8 Å². The highest BCUT2D eigenvalue weighted by Gasteiger charge is 2.04. The van der Waals surface area contributed by atoms with Crippen LogP contribution in [0.1, 0.15) is 24.2 Å². The van der Waals surface area contributed by atoms with Gasteiger partial charge in [-0.05, 0) is 36.2 Å². The van der Waals surface area contributed by atoms with Crippen molar-refractivity contribution in [3.05, 3.63) is 58.4 Å². The van der Waals surface area contributed by atoms with E-state index >= 15 is 0 Å². The Hall–Kier alpha value is -1.54. The van der Waals surface area contributed by atoms with Gasteiger partial charge >= 0.3 is 0 Å². The molecule has 1 heterocycles. The SMILES string of the molecule is C.COc1ccc(Cc2ncc(C)cc2Cl)cc1. The number of hydrogen-bond donors (Lipinski definition) is 0. The van der Waals surface area contributed by atoms with Gasteiger partial charge in [0.25, 0.3) is 0 Å². The highest BCUT2D eigenvalue weighted by molar-refractivity contribution is 6.31. The molecule has 0 saturated carbocycles. The van der Waals surface area contributed by atoms with Crippen molar-refractivity contribution in [1.82, 2.24) is 4.98 Å². The number of rotatable bonds is 3. The lowest BCUT2D eigenvalue weighted by atomic mass is 10.1. The molecule has 0 amide bonds. The molecule has 1 aromatic carbocycles. The molecule has 0 unspecified atom stereocenters. The quantitative estimate of drug-likeness (QED) is 0.825. The van der Waals surface area contributed by atoms with E-state index in [0.717, 1.165) is 28.5 Å². The fraction of sp³-hybridized carbons (Fsp3) is 0.267. The van der Waals surface area contributed by atoms with Crippen LogP contribution >= 0.6 is 11.6 Å². The lowest BCUT2D eigenvalue weighted by Gasteiger charge is -2.05. The van der Waals surface area contributed by atoms with Crippen LogP contribution in [0.2, 0.25) is 5.02 Å². The molecule has 0 bridgehead atoms. The summed E-state index contributed by atoms with van der Waals surface area (Å²) in [5.41, 5.74) is 3.15. The van der Waals surface area contributed by atoms with Crippen LogP contribution in [0.25, 0.3) is 0 Å². The van der Waals surface area contributed by atoms with Crippen LogP contribution < -0.4 is 4.74 Å². The van der Waals surface area contributed by atoms with Gasteiger partial charge in [0.1, 0.15) is 5.75 Å². The molecule has 0 fully saturated rings. The number of hydrogen-bond acceptors (Lipinski definition) is 2. The summed E-state index contributed by atoms with van der Waals surface area (Å²) in [7, 11) is 1.66. The van der Waals surface area contributed by atoms with E-state index in [9.17, 15) is 0 Å². The molecule has 2 nitrogen and oxygen atoms in total. The number of methoxy groups -OCH3 is 1. The van der Waals surface area contributed by atoms with Gasteiger partial charge in [-0.2, -0.15) is 0 Å². The average Bonchev–Trinajstić information content (AvgIpc) is 2.34. The minimum atomic E-state index is 0. The topological polar surface area (TPSA) is 22.1 Å². The summed E-state index contributed by atoms with van der Waals surface area (Å²) >= 11 is 6.15. The van der Waals surface area contributed by atoms with Crippen LogP contribution in [0.4, 0.5) is 0 Å². The Morgan fingerprint density at radius 1 is 1.22 bits per heavy atom. The van der Waals surface area contributed by atoms with Crippen molar-refractivity contribution < 1.29 is 4.74 Å². The van der Waals surface area contributed by atoms with Gasteiger partial charge in [-0.1, -0.05) is 31.2 Å². The number of nitrogens with zero attached hydrogens (tertiary/aromatic N) is 1. The van der Waals surface area contributed by atoms with Crippen LogP contribution in [0.3, 0.4) is 0 Å². The first-order valence-corrected chi connectivity index (χ1v) is 5.81. The Kier molecular flexibility index (Phi) is 5.17. The summed E-state index contributed by atoms with van der Waals surface area (Å²) in [5, 5.41) is 0.723. The van der Waals surface area contributed by atoms with Crippen molar-refractivity contribution >= 4 is 11.6 Å². The third kappa shape index (κ3) is 3.47. The van der Waals surface area contributed by atoms with Crippen molar-refractivity contribution in [1.29, 1.82) is 0 Å². The molecule has 0 radical (unpaired) electrons. The lowest BCUT2D eigenvalue weighted by Crippen LogP contribution is -1.94. The highest BCUT2D eigenvalue weighted by Crippen LogP contribution is 2.19. The van der Waals surface area contributed by atoms with E-state index in [1.165, 1.54) is 5.56 Å². The Morgan fingerprint density at radius 3 is 2.44 bits per heavy atom. The lowest BCUT2D eigenvalue weighted by molar-refractivity contribution is 0.414. The molecular formula is C15H18ClNO. The predicted molar refractivity (Wildman–Crippen MR) is 76.5 cm³/mol. The first kappa shape index (κ1) is 14.5. The van der Waals surface area contributed by atoms with Crippen LogP contribution in [-0.4, -0.2) is 12.1 Å². The molecule has 1 aromatic heterocycles. The first-order chi connectivity index (χ1) is 8.19. The molecule has 0 aliphatic heterocycles. The van der Waals surface area contributed by atoms with Crippen molar-refractivity contribution in [3.8, 4) is 5.75 Å². The van der Waals surface area contributed by atoms with E-state index in [1.807, 2.05) is 43.5 Å². The van der Waals surface area contributed by atoms with Crippen LogP contribution in [0.5, 0.6) is 5.75 Å². The molecule has 96 valence electrons. The molecule has 0 N–H and O–H groups in total. The van der Waals surface area contributed by atoms with E-state index in [1.54, 1.807) is 7.11 Å². The zero-order valence-corrected chi connectivity index (χ0v) is 10.7. The number of pyridine rings is 1. The zero-order chi connectivity index (χ0) is 12.3. The van der Waals surface area contributed by atoms with Gasteiger partial charge in [0.2, 0.25) is 0 Å². The molecule has 2 rings (SSSR count). The monoisotopic (exact) mass is 263 g/mol. The number of aryl methyl sites for hydroxylation is 1. The standard InChI is InChI=1S/C14H14ClNO.CH4/c1-10-7-13(15)14(16-9-10)8-11-3-5-12(17-2)6-4-11;/h3-7,9H,8H2,1-2H3;1H4. The Balaban J connectivity index is 0.00000162. The van der Waals surface area contributed by atoms with Gasteiger partial charge in [-0.15, -0.1) is 0 Å². The minimum Gasteiger partial charge on any atom is -0.497 e. The van der Waals surface area contributed by atoms with Crippen LogP contribution in [0, 0.1) is 6.92 Å². The number of benzene rings is 1. The third-order valence-electron chi connectivity index (χ3n) is 2.58.